The standard InChI is InChI=1S/C24H18N2O3S/c1-28-22-9-5-4-8-19(22)23-25-26-24(29-23)30-14-21(27)17-11-10-16-12-15-6-2-3-7-18(15)20(16)13-17/h2-11,13H,12,14H2,1H3. The average molecular weight is 414 g/mol. The lowest BCUT2D eigenvalue weighted by atomic mass is 10.0. The Balaban J connectivity index is 1.31. The fraction of sp³-hybridized carbons (Fsp3) is 0.125. The molecule has 0 fully saturated rings. The van der Waals surface area contributed by atoms with E-state index in [1.807, 2.05) is 42.5 Å². The molecule has 1 aliphatic carbocycles. The highest BCUT2D eigenvalue weighted by atomic mass is 32.2. The van der Waals surface area contributed by atoms with Gasteiger partial charge in [0.15, 0.2) is 5.78 Å². The molecule has 0 spiro atoms. The molecular weight excluding hydrogens is 396 g/mol. The first kappa shape index (κ1) is 18.6. The van der Waals surface area contributed by atoms with Crippen molar-refractivity contribution in [1.82, 2.24) is 10.2 Å². The molecule has 0 N–H and O–H groups in total. The van der Waals surface area contributed by atoms with Gasteiger partial charge in [0.25, 0.3) is 11.1 Å². The highest BCUT2D eigenvalue weighted by molar-refractivity contribution is 7.99. The van der Waals surface area contributed by atoms with Gasteiger partial charge in [0.2, 0.25) is 0 Å². The summed E-state index contributed by atoms with van der Waals surface area (Å²) in [5, 5.41) is 8.51. The van der Waals surface area contributed by atoms with Crippen LogP contribution < -0.4 is 4.74 Å². The van der Waals surface area contributed by atoms with Gasteiger partial charge in [-0.15, -0.1) is 10.2 Å². The molecule has 0 unspecified atom stereocenters. The molecule has 1 aliphatic rings. The van der Waals surface area contributed by atoms with Gasteiger partial charge < -0.3 is 9.15 Å². The van der Waals surface area contributed by atoms with E-state index >= 15 is 0 Å². The molecule has 0 amide bonds. The summed E-state index contributed by atoms with van der Waals surface area (Å²) in [4.78, 5) is 12.8. The van der Waals surface area contributed by atoms with Crippen LogP contribution in [0.4, 0.5) is 0 Å². The van der Waals surface area contributed by atoms with Crippen LogP contribution in [0.1, 0.15) is 21.5 Å². The highest BCUT2D eigenvalue weighted by Gasteiger charge is 2.20. The Morgan fingerprint density at radius 3 is 2.60 bits per heavy atom. The predicted molar refractivity (Wildman–Crippen MR) is 116 cm³/mol. The lowest BCUT2D eigenvalue weighted by Crippen LogP contribution is -2.02. The number of Topliss-reactive ketones (excluding diaryl/α,β-unsaturated/α-hetero) is 1. The second-order valence-electron chi connectivity index (χ2n) is 6.99. The first-order chi connectivity index (χ1) is 14.7. The molecule has 1 heterocycles. The average Bonchev–Trinajstić information content (AvgIpc) is 3.41. The van der Waals surface area contributed by atoms with Crippen LogP contribution in [0.25, 0.3) is 22.6 Å². The molecule has 1 aromatic heterocycles. The van der Waals surface area contributed by atoms with E-state index in [1.165, 1.54) is 28.5 Å². The van der Waals surface area contributed by atoms with Crippen molar-refractivity contribution >= 4 is 17.5 Å². The summed E-state index contributed by atoms with van der Waals surface area (Å²) in [5.41, 5.74) is 6.36. The van der Waals surface area contributed by atoms with Gasteiger partial charge in [-0.1, -0.05) is 60.3 Å². The number of methoxy groups -OCH3 is 1. The maximum absolute atomic E-state index is 12.8. The SMILES string of the molecule is COc1ccccc1-c1nnc(SCC(=O)c2ccc3c(c2)-c2ccccc2C3)o1. The lowest BCUT2D eigenvalue weighted by Gasteiger charge is -2.05. The highest BCUT2D eigenvalue weighted by Crippen LogP contribution is 2.37. The van der Waals surface area contributed by atoms with E-state index in [-0.39, 0.29) is 11.5 Å². The molecule has 5 nitrogen and oxygen atoms in total. The van der Waals surface area contributed by atoms with Crippen molar-refractivity contribution in [3.63, 3.8) is 0 Å². The molecule has 0 radical (unpaired) electrons. The van der Waals surface area contributed by atoms with Gasteiger partial charge in [-0.25, -0.2) is 0 Å². The number of benzene rings is 3. The molecule has 30 heavy (non-hydrogen) atoms. The van der Waals surface area contributed by atoms with Crippen LogP contribution in [0.2, 0.25) is 0 Å². The zero-order valence-electron chi connectivity index (χ0n) is 16.3. The molecule has 0 saturated carbocycles. The number of hydrogen-bond donors (Lipinski definition) is 0. The number of ether oxygens (including phenoxy) is 1. The summed E-state index contributed by atoms with van der Waals surface area (Å²) in [6, 6.07) is 21.7. The summed E-state index contributed by atoms with van der Waals surface area (Å²) in [6.45, 7) is 0. The Hall–Kier alpha value is -3.38. The molecule has 4 aromatic rings. The third-order valence-electron chi connectivity index (χ3n) is 5.19. The van der Waals surface area contributed by atoms with Crippen LogP contribution in [0.5, 0.6) is 5.75 Å². The number of thioether (sulfide) groups is 1. The predicted octanol–water partition coefficient (Wildman–Crippen LogP) is 5.29. The second kappa shape index (κ2) is 7.80. The van der Waals surface area contributed by atoms with E-state index < -0.39 is 0 Å². The van der Waals surface area contributed by atoms with Gasteiger partial charge in [-0.3, -0.25) is 4.79 Å². The summed E-state index contributed by atoms with van der Waals surface area (Å²) in [6.07, 6.45) is 0.919. The van der Waals surface area contributed by atoms with E-state index in [4.69, 9.17) is 9.15 Å². The van der Waals surface area contributed by atoms with Crippen molar-refractivity contribution in [3.8, 4) is 28.3 Å². The van der Waals surface area contributed by atoms with E-state index in [9.17, 15) is 4.79 Å². The summed E-state index contributed by atoms with van der Waals surface area (Å²) >= 11 is 1.24. The van der Waals surface area contributed by atoms with Crippen LogP contribution in [-0.4, -0.2) is 28.8 Å². The topological polar surface area (TPSA) is 65.2 Å². The quantitative estimate of drug-likeness (QED) is 0.278. The molecule has 0 atom stereocenters. The zero-order chi connectivity index (χ0) is 20.5. The summed E-state index contributed by atoms with van der Waals surface area (Å²) in [7, 11) is 1.60. The molecule has 3 aromatic carbocycles. The van der Waals surface area contributed by atoms with Crippen molar-refractivity contribution in [2.75, 3.05) is 12.9 Å². The number of rotatable bonds is 6. The first-order valence-corrected chi connectivity index (χ1v) is 10.6. The molecule has 0 bridgehead atoms. The summed E-state index contributed by atoms with van der Waals surface area (Å²) < 4.78 is 11.1. The Kier molecular flexibility index (Phi) is 4.85. The molecule has 5 rings (SSSR count). The summed E-state index contributed by atoms with van der Waals surface area (Å²) in [5.74, 6) is 1.29. The van der Waals surface area contributed by atoms with Crippen LogP contribution in [0.3, 0.4) is 0 Å². The lowest BCUT2D eigenvalue weighted by molar-refractivity contribution is 0.102. The number of aromatic nitrogens is 2. The number of ketones is 1. The van der Waals surface area contributed by atoms with Crippen molar-refractivity contribution < 1.29 is 13.9 Å². The second-order valence-corrected chi connectivity index (χ2v) is 7.92. The normalized spacial score (nSPS) is 11.8. The van der Waals surface area contributed by atoms with Crippen LogP contribution in [0, 0.1) is 0 Å². The van der Waals surface area contributed by atoms with E-state index in [2.05, 4.69) is 34.5 Å². The molecular formula is C24H18N2O3S. The zero-order valence-corrected chi connectivity index (χ0v) is 17.1. The molecule has 148 valence electrons. The van der Waals surface area contributed by atoms with Gasteiger partial charge in [0.1, 0.15) is 5.75 Å². The van der Waals surface area contributed by atoms with Crippen molar-refractivity contribution in [1.29, 1.82) is 0 Å². The number of nitrogens with zero attached hydrogens (tertiary/aromatic N) is 2. The fourth-order valence-corrected chi connectivity index (χ4v) is 4.36. The van der Waals surface area contributed by atoms with Gasteiger partial charge in [0.05, 0.1) is 18.4 Å². The number of para-hydroxylation sites is 1. The van der Waals surface area contributed by atoms with E-state index in [0.717, 1.165) is 17.5 Å². The minimum absolute atomic E-state index is 0.0317. The molecule has 0 aliphatic heterocycles. The molecule has 6 heteroatoms. The molecule has 0 saturated heterocycles. The van der Waals surface area contributed by atoms with Crippen LogP contribution in [0.15, 0.2) is 76.4 Å². The van der Waals surface area contributed by atoms with E-state index in [0.29, 0.717) is 22.4 Å². The minimum atomic E-state index is 0.0317. The van der Waals surface area contributed by atoms with Gasteiger partial charge in [-0.05, 0) is 46.9 Å². The van der Waals surface area contributed by atoms with Crippen molar-refractivity contribution in [2.45, 2.75) is 11.6 Å². The smallest absolute Gasteiger partial charge is 0.277 e. The largest absolute Gasteiger partial charge is 0.496 e. The van der Waals surface area contributed by atoms with Crippen molar-refractivity contribution in [3.05, 3.63) is 83.4 Å². The Labute approximate surface area is 178 Å². The maximum atomic E-state index is 12.8. The van der Waals surface area contributed by atoms with E-state index in [1.54, 1.807) is 7.11 Å². The number of hydrogen-bond acceptors (Lipinski definition) is 6. The van der Waals surface area contributed by atoms with Crippen LogP contribution >= 0.6 is 11.8 Å². The number of carbonyl (C=O) groups is 1. The van der Waals surface area contributed by atoms with Crippen molar-refractivity contribution in [2.24, 2.45) is 0 Å². The fourth-order valence-electron chi connectivity index (χ4n) is 3.71. The number of carbonyl (C=O) groups excluding carboxylic acids is 1. The van der Waals surface area contributed by atoms with Crippen LogP contribution in [-0.2, 0) is 6.42 Å². The van der Waals surface area contributed by atoms with Gasteiger partial charge in [-0.2, -0.15) is 0 Å². The van der Waals surface area contributed by atoms with Gasteiger partial charge in [0, 0.05) is 5.56 Å². The first-order valence-electron chi connectivity index (χ1n) is 9.57. The Morgan fingerprint density at radius 2 is 1.73 bits per heavy atom. The third-order valence-corrected chi connectivity index (χ3v) is 6.01. The maximum Gasteiger partial charge on any atom is 0.277 e. The number of fused-ring (bicyclic) bond motifs is 3. The Morgan fingerprint density at radius 1 is 0.967 bits per heavy atom. The minimum Gasteiger partial charge on any atom is -0.496 e. The third kappa shape index (κ3) is 3.39. The monoisotopic (exact) mass is 414 g/mol. The Bertz CT molecular complexity index is 1250. The van der Waals surface area contributed by atoms with Gasteiger partial charge >= 0.3 is 0 Å².